The molecule has 6 heteroatoms. The third-order valence-corrected chi connectivity index (χ3v) is 2.36. The van der Waals surface area contributed by atoms with Gasteiger partial charge in [0.2, 0.25) is 0 Å². The van der Waals surface area contributed by atoms with Crippen molar-refractivity contribution in [1.82, 2.24) is 14.9 Å². The highest BCUT2D eigenvalue weighted by atomic mass is 16.6. The van der Waals surface area contributed by atoms with Crippen LogP contribution < -0.4 is 5.32 Å². The molecule has 6 nitrogen and oxygen atoms in total. The van der Waals surface area contributed by atoms with Crippen LogP contribution in [0, 0.1) is 5.92 Å². The van der Waals surface area contributed by atoms with E-state index in [-0.39, 0.29) is 11.8 Å². The lowest BCUT2D eigenvalue weighted by molar-refractivity contribution is 0.0464. The van der Waals surface area contributed by atoms with Gasteiger partial charge in [-0.25, -0.2) is 9.78 Å². The van der Waals surface area contributed by atoms with Crippen LogP contribution in [0.3, 0.4) is 0 Å². The van der Waals surface area contributed by atoms with E-state index in [1.54, 1.807) is 27.0 Å². The number of nitrogens with one attached hydrogen (secondary N) is 1. The topological polar surface area (TPSA) is 73.2 Å². The van der Waals surface area contributed by atoms with Gasteiger partial charge < -0.3 is 10.1 Å². The van der Waals surface area contributed by atoms with Gasteiger partial charge >= 0.3 is 6.09 Å². The lowest BCUT2D eigenvalue weighted by Gasteiger charge is -2.24. The van der Waals surface area contributed by atoms with Gasteiger partial charge in [0.25, 0.3) is 5.91 Å². The van der Waals surface area contributed by atoms with Crippen LogP contribution in [0.5, 0.6) is 0 Å². The number of ether oxygens (including phenoxy) is 1. The normalized spacial score (nSPS) is 13.2. The number of hydrogen-bond acceptors (Lipinski definition) is 4. The van der Waals surface area contributed by atoms with Gasteiger partial charge in [0.1, 0.15) is 18.0 Å². The molecule has 1 rings (SSSR count). The van der Waals surface area contributed by atoms with Crippen LogP contribution in [-0.2, 0) is 4.74 Å². The maximum absolute atomic E-state index is 12.2. The molecule has 1 amide bonds. The van der Waals surface area contributed by atoms with E-state index >= 15 is 0 Å². The molecule has 0 radical (unpaired) electrons. The van der Waals surface area contributed by atoms with E-state index in [9.17, 15) is 9.59 Å². The monoisotopic (exact) mass is 267 g/mol. The summed E-state index contributed by atoms with van der Waals surface area (Å²) in [6.07, 6.45) is 3.88. The molecular formula is C13H21N3O3. The van der Waals surface area contributed by atoms with E-state index in [2.05, 4.69) is 10.3 Å². The Morgan fingerprint density at radius 1 is 1.32 bits per heavy atom. The molecule has 0 saturated carbocycles. The first-order chi connectivity index (χ1) is 8.70. The summed E-state index contributed by atoms with van der Waals surface area (Å²) < 4.78 is 6.51. The Kier molecular flexibility index (Phi) is 4.69. The number of rotatable bonds is 3. The molecule has 0 aliphatic heterocycles. The van der Waals surface area contributed by atoms with Gasteiger partial charge in [0.15, 0.2) is 0 Å². The molecule has 0 aromatic carbocycles. The third-order valence-electron chi connectivity index (χ3n) is 2.36. The molecule has 1 heterocycles. The fourth-order valence-corrected chi connectivity index (χ4v) is 1.50. The first-order valence-corrected chi connectivity index (χ1v) is 6.22. The largest absolute Gasteiger partial charge is 0.444 e. The highest BCUT2D eigenvalue weighted by Gasteiger charge is 2.27. The van der Waals surface area contributed by atoms with Crippen molar-refractivity contribution < 1.29 is 14.3 Å². The Balaban J connectivity index is 2.74. The molecule has 0 fully saturated rings. The summed E-state index contributed by atoms with van der Waals surface area (Å²) in [4.78, 5) is 27.8. The SMILES string of the molecule is CC(C)[C@H](NC(=O)OC(C)(C)C)C(=O)n1ccnc1. The van der Waals surface area contributed by atoms with E-state index in [1.165, 1.54) is 17.1 Å². The third kappa shape index (κ3) is 4.73. The number of carbonyl (C=O) groups excluding carboxylic acids is 2. The van der Waals surface area contributed by atoms with Gasteiger partial charge in [-0.15, -0.1) is 0 Å². The van der Waals surface area contributed by atoms with Crippen LogP contribution in [0.15, 0.2) is 18.7 Å². The van der Waals surface area contributed by atoms with Crippen LogP contribution in [-0.4, -0.2) is 33.2 Å². The van der Waals surface area contributed by atoms with Crippen molar-refractivity contribution in [3.8, 4) is 0 Å². The average molecular weight is 267 g/mol. The molecule has 0 bridgehead atoms. The second kappa shape index (κ2) is 5.86. The van der Waals surface area contributed by atoms with Crippen molar-refractivity contribution in [2.45, 2.75) is 46.3 Å². The van der Waals surface area contributed by atoms with E-state index in [0.717, 1.165) is 0 Å². The lowest BCUT2D eigenvalue weighted by atomic mass is 10.0. The molecule has 1 N–H and O–H groups in total. The van der Waals surface area contributed by atoms with Crippen molar-refractivity contribution in [1.29, 1.82) is 0 Å². The number of alkyl carbamates (subject to hydrolysis) is 1. The maximum atomic E-state index is 12.2. The number of imidazole rings is 1. The molecule has 1 aromatic heterocycles. The molecule has 0 aliphatic carbocycles. The predicted molar refractivity (Wildman–Crippen MR) is 70.8 cm³/mol. The number of aromatic nitrogens is 2. The Bertz CT molecular complexity index is 432. The van der Waals surface area contributed by atoms with Crippen LogP contribution in [0.4, 0.5) is 4.79 Å². The van der Waals surface area contributed by atoms with Crippen molar-refractivity contribution in [3.05, 3.63) is 18.7 Å². The minimum atomic E-state index is -0.649. The van der Waals surface area contributed by atoms with Crippen LogP contribution >= 0.6 is 0 Å². The zero-order valence-electron chi connectivity index (χ0n) is 12.0. The summed E-state index contributed by atoms with van der Waals surface area (Å²) in [7, 11) is 0. The molecule has 0 saturated heterocycles. The van der Waals surface area contributed by atoms with E-state index in [1.807, 2.05) is 13.8 Å². The summed E-state index contributed by atoms with van der Waals surface area (Å²) >= 11 is 0. The Morgan fingerprint density at radius 2 is 1.95 bits per heavy atom. The van der Waals surface area contributed by atoms with Gasteiger partial charge in [-0.2, -0.15) is 0 Å². The predicted octanol–water partition coefficient (Wildman–Crippen LogP) is 2.07. The van der Waals surface area contributed by atoms with E-state index in [0.29, 0.717) is 0 Å². The number of carbonyl (C=O) groups is 2. The zero-order chi connectivity index (χ0) is 14.6. The Hall–Kier alpha value is -1.85. The minimum Gasteiger partial charge on any atom is -0.444 e. The molecule has 0 aliphatic rings. The second-order valence-electron chi connectivity index (χ2n) is 5.68. The molecule has 0 spiro atoms. The lowest BCUT2D eigenvalue weighted by Crippen LogP contribution is -2.48. The van der Waals surface area contributed by atoms with Crippen molar-refractivity contribution in [3.63, 3.8) is 0 Å². The first kappa shape index (κ1) is 15.2. The molecule has 1 atom stereocenters. The summed E-state index contributed by atoms with van der Waals surface area (Å²) in [5.41, 5.74) is -0.594. The van der Waals surface area contributed by atoms with Crippen LogP contribution in [0.25, 0.3) is 0 Å². The smallest absolute Gasteiger partial charge is 0.408 e. The highest BCUT2D eigenvalue weighted by Crippen LogP contribution is 2.10. The van der Waals surface area contributed by atoms with Crippen molar-refractivity contribution in [2.75, 3.05) is 0 Å². The fraction of sp³-hybridized carbons (Fsp3) is 0.615. The summed E-state index contributed by atoms with van der Waals surface area (Å²) in [6, 6.07) is -0.649. The van der Waals surface area contributed by atoms with Crippen LogP contribution in [0.1, 0.15) is 39.4 Å². The van der Waals surface area contributed by atoms with Crippen LogP contribution in [0.2, 0.25) is 0 Å². The van der Waals surface area contributed by atoms with E-state index < -0.39 is 17.7 Å². The fourth-order valence-electron chi connectivity index (χ4n) is 1.50. The first-order valence-electron chi connectivity index (χ1n) is 6.22. The van der Waals surface area contributed by atoms with Gasteiger partial charge in [-0.05, 0) is 26.7 Å². The number of hydrogen-bond donors (Lipinski definition) is 1. The summed E-state index contributed by atoms with van der Waals surface area (Å²) in [6.45, 7) is 9.03. The molecular weight excluding hydrogens is 246 g/mol. The standard InChI is InChI=1S/C13H21N3O3/c1-9(2)10(11(17)16-7-6-14-8-16)15-12(18)19-13(3,4)5/h6-10H,1-5H3,(H,15,18)/t10-/m0/s1. The zero-order valence-corrected chi connectivity index (χ0v) is 12.0. The molecule has 19 heavy (non-hydrogen) atoms. The average Bonchev–Trinajstić information content (AvgIpc) is 2.75. The van der Waals surface area contributed by atoms with Gasteiger partial charge in [-0.1, -0.05) is 13.8 Å². The van der Waals surface area contributed by atoms with E-state index in [4.69, 9.17) is 4.74 Å². The van der Waals surface area contributed by atoms with Gasteiger partial charge in [0, 0.05) is 12.4 Å². The van der Waals surface area contributed by atoms with Crippen molar-refractivity contribution >= 4 is 12.0 Å². The maximum Gasteiger partial charge on any atom is 0.408 e. The number of nitrogens with zero attached hydrogens (tertiary/aromatic N) is 2. The summed E-state index contributed by atoms with van der Waals surface area (Å²) in [5.74, 6) is -0.291. The quantitative estimate of drug-likeness (QED) is 0.910. The van der Waals surface area contributed by atoms with Gasteiger partial charge in [0.05, 0.1) is 0 Å². The molecule has 106 valence electrons. The molecule has 1 aromatic rings. The highest BCUT2D eigenvalue weighted by molar-refractivity contribution is 5.87. The Labute approximate surface area is 113 Å². The Morgan fingerprint density at radius 3 is 2.37 bits per heavy atom. The second-order valence-corrected chi connectivity index (χ2v) is 5.68. The molecule has 0 unspecified atom stereocenters. The van der Waals surface area contributed by atoms with Crippen molar-refractivity contribution in [2.24, 2.45) is 5.92 Å². The summed E-state index contributed by atoms with van der Waals surface area (Å²) in [5, 5.41) is 2.60. The van der Waals surface area contributed by atoms with Gasteiger partial charge in [-0.3, -0.25) is 9.36 Å². The minimum absolute atomic E-state index is 0.0533. The number of amides is 1.